The van der Waals surface area contributed by atoms with Gasteiger partial charge in [-0.3, -0.25) is 9.89 Å². The van der Waals surface area contributed by atoms with E-state index in [0.29, 0.717) is 19.0 Å². The molecule has 1 aliphatic heterocycles. The minimum Gasteiger partial charge on any atom is -0.384 e. The molecule has 2 rings (SSSR count). The Morgan fingerprint density at radius 2 is 2.62 bits per heavy atom. The average Bonchev–Trinajstić information content (AvgIpc) is 2.84. The van der Waals surface area contributed by atoms with Gasteiger partial charge < -0.3 is 15.8 Å². The molecule has 2 atom stereocenters. The van der Waals surface area contributed by atoms with Crippen LogP contribution in [0.2, 0.25) is 0 Å². The van der Waals surface area contributed by atoms with Crippen LogP contribution in [0.3, 0.4) is 0 Å². The van der Waals surface area contributed by atoms with Crippen LogP contribution in [-0.4, -0.2) is 28.8 Å². The van der Waals surface area contributed by atoms with Gasteiger partial charge in [-0.1, -0.05) is 0 Å². The summed E-state index contributed by atoms with van der Waals surface area (Å²) in [6.45, 7) is 2.99. The molecule has 0 bridgehead atoms. The molecule has 0 aromatic carbocycles. The van der Waals surface area contributed by atoms with E-state index in [0.717, 1.165) is 12.0 Å². The molecule has 1 fully saturated rings. The fourth-order valence-electron chi connectivity index (χ4n) is 1.85. The highest BCUT2D eigenvalue weighted by Crippen LogP contribution is 2.20. The summed E-state index contributed by atoms with van der Waals surface area (Å²) < 4.78 is 5.34. The smallest absolute Gasteiger partial charge is 0.226 e. The first-order valence-electron chi connectivity index (χ1n) is 5.35. The topological polar surface area (TPSA) is 93.0 Å². The Hall–Kier alpha value is -1.56. The van der Waals surface area contributed by atoms with Gasteiger partial charge in [-0.2, -0.15) is 5.10 Å². The minimum atomic E-state index is -0.0480. The predicted octanol–water partition coefficient (Wildman–Crippen LogP) is 0.0331. The van der Waals surface area contributed by atoms with Crippen LogP contribution in [0.5, 0.6) is 0 Å². The van der Waals surface area contributed by atoms with Crippen molar-refractivity contribution in [3.05, 3.63) is 11.8 Å². The highest BCUT2D eigenvalue weighted by molar-refractivity contribution is 5.79. The Balaban J connectivity index is 1.86. The maximum absolute atomic E-state index is 11.8. The van der Waals surface area contributed by atoms with Crippen molar-refractivity contribution in [3.8, 4) is 0 Å². The lowest BCUT2D eigenvalue weighted by Gasteiger charge is -2.13. The summed E-state index contributed by atoms with van der Waals surface area (Å²) in [6, 6.07) is 0. The maximum Gasteiger partial charge on any atom is 0.226 e. The van der Waals surface area contributed by atoms with E-state index < -0.39 is 0 Å². The van der Waals surface area contributed by atoms with Gasteiger partial charge >= 0.3 is 0 Å². The van der Waals surface area contributed by atoms with Gasteiger partial charge in [0.2, 0.25) is 5.91 Å². The largest absolute Gasteiger partial charge is 0.384 e. The number of ether oxygens (including phenoxy) is 1. The lowest BCUT2D eigenvalue weighted by molar-refractivity contribution is -0.126. The highest BCUT2D eigenvalue weighted by atomic mass is 16.5. The van der Waals surface area contributed by atoms with Crippen molar-refractivity contribution in [1.82, 2.24) is 15.5 Å². The number of nitrogen functional groups attached to an aromatic ring is 1. The van der Waals surface area contributed by atoms with Crippen LogP contribution in [-0.2, 0) is 16.1 Å². The Bertz CT molecular complexity index is 377. The molecule has 88 valence electrons. The first-order valence-corrected chi connectivity index (χ1v) is 5.35. The predicted molar refractivity (Wildman–Crippen MR) is 58.4 cm³/mol. The monoisotopic (exact) mass is 224 g/mol. The lowest BCUT2D eigenvalue weighted by atomic mass is 10.0. The summed E-state index contributed by atoms with van der Waals surface area (Å²) in [5, 5.41) is 9.25. The third-order valence-electron chi connectivity index (χ3n) is 2.92. The summed E-state index contributed by atoms with van der Waals surface area (Å²) in [7, 11) is 0. The Labute approximate surface area is 93.5 Å². The summed E-state index contributed by atoms with van der Waals surface area (Å²) in [6.07, 6.45) is 2.40. The van der Waals surface area contributed by atoms with E-state index in [-0.39, 0.29) is 17.9 Å². The average molecular weight is 224 g/mol. The number of H-pyrrole nitrogens is 1. The van der Waals surface area contributed by atoms with Crippen LogP contribution in [0.1, 0.15) is 18.9 Å². The zero-order chi connectivity index (χ0) is 11.5. The molecule has 4 N–H and O–H groups in total. The molecule has 1 saturated heterocycles. The van der Waals surface area contributed by atoms with Gasteiger partial charge in [0.1, 0.15) is 5.82 Å². The molecule has 0 saturated carbocycles. The van der Waals surface area contributed by atoms with Gasteiger partial charge in [0.15, 0.2) is 0 Å². The summed E-state index contributed by atoms with van der Waals surface area (Å²) >= 11 is 0. The Kier molecular flexibility index (Phi) is 3.09. The van der Waals surface area contributed by atoms with Crippen LogP contribution in [0.25, 0.3) is 0 Å². The highest BCUT2D eigenvalue weighted by Gasteiger charge is 2.30. The van der Waals surface area contributed by atoms with Gasteiger partial charge in [0.05, 0.1) is 18.2 Å². The van der Waals surface area contributed by atoms with Gasteiger partial charge in [-0.05, 0) is 13.3 Å². The van der Waals surface area contributed by atoms with Crippen molar-refractivity contribution in [2.45, 2.75) is 26.0 Å². The first-order chi connectivity index (χ1) is 7.68. The van der Waals surface area contributed by atoms with Crippen LogP contribution in [0.4, 0.5) is 5.82 Å². The van der Waals surface area contributed by atoms with Gasteiger partial charge in [0.25, 0.3) is 0 Å². The molecule has 0 spiro atoms. The molecule has 1 aromatic heterocycles. The number of hydrogen-bond donors (Lipinski definition) is 3. The molecule has 1 aliphatic rings. The molecule has 2 heterocycles. The van der Waals surface area contributed by atoms with Gasteiger partial charge in [0, 0.05) is 18.7 Å². The number of aromatic nitrogens is 2. The number of amides is 1. The van der Waals surface area contributed by atoms with Crippen LogP contribution < -0.4 is 11.1 Å². The summed E-state index contributed by atoms with van der Waals surface area (Å²) in [5.74, 6) is 0.467. The van der Waals surface area contributed by atoms with E-state index in [1.165, 1.54) is 0 Å². The van der Waals surface area contributed by atoms with Crippen molar-refractivity contribution in [2.24, 2.45) is 5.92 Å². The van der Waals surface area contributed by atoms with E-state index in [1.807, 2.05) is 6.92 Å². The Morgan fingerprint density at radius 1 is 1.81 bits per heavy atom. The Morgan fingerprint density at radius 3 is 3.19 bits per heavy atom. The van der Waals surface area contributed by atoms with Crippen LogP contribution in [0, 0.1) is 5.92 Å². The lowest BCUT2D eigenvalue weighted by Crippen LogP contribution is -2.33. The molecule has 1 amide bonds. The standard InChI is InChI=1S/C10H16N4O2/c1-6-8(2-3-16-6)10(15)12-4-7-5-13-14-9(7)11/h5-6,8H,2-4H2,1H3,(H,12,15)(H3,11,13,14). The van der Waals surface area contributed by atoms with Crippen molar-refractivity contribution >= 4 is 11.7 Å². The molecular weight excluding hydrogens is 208 g/mol. The maximum atomic E-state index is 11.8. The number of hydrogen-bond acceptors (Lipinski definition) is 4. The first kappa shape index (κ1) is 10.9. The van der Waals surface area contributed by atoms with Crippen molar-refractivity contribution < 1.29 is 9.53 Å². The minimum absolute atomic E-state index is 0.00157. The second-order valence-corrected chi connectivity index (χ2v) is 4.00. The number of nitrogens with one attached hydrogen (secondary N) is 2. The molecule has 0 aliphatic carbocycles. The van der Waals surface area contributed by atoms with Gasteiger partial charge in [-0.15, -0.1) is 0 Å². The number of carbonyl (C=O) groups is 1. The summed E-state index contributed by atoms with van der Waals surface area (Å²) in [5.41, 5.74) is 6.42. The van der Waals surface area contributed by atoms with E-state index in [2.05, 4.69) is 15.5 Å². The van der Waals surface area contributed by atoms with E-state index in [1.54, 1.807) is 6.20 Å². The number of nitrogens with two attached hydrogens (primary N) is 1. The van der Waals surface area contributed by atoms with E-state index in [4.69, 9.17) is 10.5 Å². The normalized spacial score (nSPS) is 24.6. The number of carbonyl (C=O) groups excluding carboxylic acids is 1. The number of rotatable bonds is 3. The second-order valence-electron chi connectivity index (χ2n) is 4.00. The van der Waals surface area contributed by atoms with Crippen molar-refractivity contribution in [2.75, 3.05) is 12.3 Å². The van der Waals surface area contributed by atoms with Crippen LogP contribution in [0.15, 0.2) is 6.20 Å². The SMILES string of the molecule is CC1OCCC1C(=O)NCc1cn[nH]c1N. The third kappa shape index (κ3) is 2.16. The van der Waals surface area contributed by atoms with Crippen LogP contribution >= 0.6 is 0 Å². The van der Waals surface area contributed by atoms with Crippen molar-refractivity contribution in [3.63, 3.8) is 0 Å². The molecule has 6 heteroatoms. The third-order valence-corrected chi connectivity index (χ3v) is 2.92. The second kappa shape index (κ2) is 4.52. The van der Waals surface area contributed by atoms with E-state index in [9.17, 15) is 4.79 Å². The van der Waals surface area contributed by atoms with Crippen molar-refractivity contribution in [1.29, 1.82) is 0 Å². The van der Waals surface area contributed by atoms with Gasteiger partial charge in [-0.25, -0.2) is 0 Å². The quantitative estimate of drug-likeness (QED) is 0.675. The van der Waals surface area contributed by atoms with E-state index >= 15 is 0 Å². The fraction of sp³-hybridized carbons (Fsp3) is 0.600. The number of nitrogens with zero attached hydrogens (tertiary/aromatic N) is 1. The fourth-order valence-corrected chi connectivity index (χ4v) is 1.85. The molecule has 0 radical (unpaired) electrons. The molecule has 16 heavy (non-hydrogen) atoms. The summed E-state index contributed by atoms with van der Waals surface area (Å²) in [4.78, 5) is 11.8. The number of anilines is 1. The zero-order valence-electron chi connectivity index (χ0n) is 9.19. The molecule has 6 nitrogen and oxygen atoms in total. The molecule has 1 aromatic rings. The molecular formula is C10H16N4O2. The zero-order valence-corrected chi connectivity index (χ0v) is 9.19. The number of aromatic amines is 1. The molecule has 2 unspecified atom stereocenters.